The molecule has 0 aliphatic carbocycles. The highest BCUT2D eigenvalue weighted by atomic mass is 16.1. The van der Waals surface area contributed by atoms with Crippen LogP contribution in [-0.2, 0) is 0 Å². The summed E-state index contributed by atoms with van der Waals surface area (Å²) in [5.74, 6) is 0.410. The molecule has 0 bridgehead atoms. The lowest BCUT2D eigenvalue weighted by molar-refractivity contribution is 0.0928. The number of pyridine rings is 1. The van der Waals surface area contributed by atoms with Crippen molar-refractivity contribution in [3.8, 4) is 0 Å². The van der Waals surface area contributed by atoms with E-state index < -0.39 is 0 Å². The summed E-state index contributed by atoms with van der Waals surface area (Å²) in [4.78, 5) is 16.6. The van der Waals surface area contributed by atoms with Gasteiger partial charge in [-0.2, -0.15) is 0 Å². The predicted octanol–water partition coefficient (Wildman–Crippen LogP) is 3.38. The molecule has 1 heterocycles. The molecule has 1 amide bonds. The molecule has 0 saturated carbocycles. The minimum Gasteiger partial charge on any atom is -0.384 e. The van der Waals surface area contributed by atoms with Crippen LogP contribution in [0.2, 0.25) is 0 Å². The first-order chi connectivity index (χ1) is 9.49. The van der Waals surface area contributed by atoms with Gasteiger partial charge in [0.25, 0.3) is 5.91 Å². The Morgan fingerprint density at radius 3 is 2.65 bits per heavy atom. The molecule has 0 aliphatic heterocycles. The van der Waals surface area contributed by atoms with E-state index in [2.05, 4.69) is 36.4 Å². The lowest BCUT2D eigenvalue weighted by atomic mass is 10.0. The van der Waals surface area contributed by atoms with Gasteiger partial charge in [-0.3, -0.25) is 9.78 Å². The maximum atomic E-state index is 12.4. The molecule has 4 heteroatoms. The molecule has 1 aromatic heterocycles. The molecular formula is C16H27N3O. The van der Waals surface area contributed by atoms with Gasteiger partial charge >= 0.3 is 0 Å². The molecule has 4 nitrogen and oxygen atoms in total. The van der Waals surface area contributed by atoms with Gasteiger partial charge in [-0.05, 0) is 32.3 Å². The number of carbonyl (C=O) groups excluding carboxylic acids is 1. The highest BCUT2D eigenvalue weighted by Gasteiger charge is 2.17. The van der Waals surface area contributed by atoms with Crippen molar-refractivity contribution in [2.75, 3.05) is 11.9 Å². The molecule has 2 N–H and O–H groups in total. The first kappa shape index (κ1) is 16.5. The van der Waals surface area contributed by atoms with Gasteiger partial charge in [0.1, 0.15) is 0 Å². The Bertz CT molecular complexity index is 445. The second-order valence-electron chi connectivity index (χ2n) is 5.45. The number of aromatic nitrogens is 1. The lowest BCUT2D eigenvalue weighted by Gasteiger charge is -2.21. The zero-order chi connectivity index (χ0) is 15.1. The fourth-order valence-electron chi connectivity index (χ4n) is 1.93. The molecule has 20 heavy (non-hydrogen) atoms. The van der Waals surface area contributed by atoms with E-state index in [0.29, 0.717) is 11.5 Å². The van der Waals surface area contributed by atoms with E-state index >= 15 is 0 Å². The maximum absolute atomic E-state index is 12.4. The Labute approximate surface area is 122 Å². The standard InChI is InChI=1S/C16H27N3O/c1-6-8-17-15-9-12(4)18-10-14(15)16(20)19-13(5)11(3)7-2/h9-11,13H,6-8H2,1-5H3,(H,17,18)(H,19,20). The topological polar surface area (TPSA) is 54.0 Å². The highest BCUT2D eigenvalue weighted by Crippen LogP contribution is 2.17. The van der Waals surface area contributed by atoms with Crippen molar-refractivity contribution in [2.45, 2.75) is 53.5 Å². The van der Waals surface area contributed by atoms with E-state index in [1.54, 1.807) is 6.20 Å². The van der Waals surface area contributed by atoms with E-state index in [0.717, 1.165) is 30.8 Å². The second-order valence-corrected chi connectivity index (χ2v) is 5.45. The van der Waals surface area contributed by atoms with Crippen LogP contribution in [0.15, 0.2) is 12.3 Å². The van der Waals surface area contributed by atoms with Crippen LogP contribution in [0, 0.1) is 12.8 Å². The van der Waals surface area contributed by atoms with Crippen molar-refractivity contribution in [3.63, 3.8) is 0 Å². The largest absolute Gasteiger partial charge is 0.384 e. The summed E-state index contributed by atoms with van der Waals surface area (Å²) in [6.07, 6.45) is 3.73. The third-order valence-electron chi connectivity index (χ3n) is 3.71. The van der Waals surface area contributed by atoms with Gasteiger partial charge in [-0.25, -0.2) is 0 Å². The van der Waals surface area contributed by atoms with Crippen LogP contribution in [0.1, 0.15) is 56.6 Å². The van der Waals surface area contributed by atoms with Gasteiger partial charge in [0.05, 0.1) is 11.3 Å². The molecular weight excluding hydrogens is 250 g/mol. The second kappa shape index (κ2) is 7.88. The van der Waals surface area contributed by atoms with Gasteiger partial charge in [0.2, 0.25) is 0 Å². The van der Waals surface area contributed by atoms with Gasteiger partial charge in [-0.1, -0.05) is 27.2 Å². The van der Waals surface area contributed by atoms with Crippen molar-refractivity contribution >= 4 is 11.6 Å². The van der Waals surface area contributed by atoms with Crippen LogP contribution in [0.5, 0.6) is 0 Å². The van der Waals surface area contributed by atoms with Gasteiger partial charge < -0.3 is 10.6 Å². The molecule has 2 atom stereocenters. The fourth-order valence-corrected chi connectivity index (χ4v) is 1.93. The molecule has 1 rings (SSSR count). The first-order valence-electron chi connectivity index (χ1n) is 7.50. The smallest absolute Gasteiger partial charge is 0.255 e. The van der Waals surface area contributed by atoms with Crippen molar-refractivity contribution in [2.24, 2.45) is 5.92 Å². The minimum atomic E-state index is -0.0519. The molecule has 0 aromatic carbocycles. The summed E-state index contributed by atoms with van der Waals surface area (Å²) < 4.78 is 0. The van der Waals surface area contributed by atoms with Crippen molar-refractivity contribution in [1.29, 1.82) is 0 Å². The lowest BCUT2D eigenvalue weighted by Crippen LogP contribution is -2.37. The van der Waals surface area contributed by atoms with Gasteiger partial charge in [-0.15, -0.1) is 0 Å². The van der Waals surface area contributed by atoms with Crippen LogP contribution in [-0.4, -0.2) is 23.5 Å². The molecule has 1 aromatic rings. The number of carbonyl (C=O) groups is 1. The van der Waals surface area contributed by atoms with E-state index in [1.807, 2.05) is 19.9 Å². The molecule has 0 saturated heterocycles. The van der Waals surface area contributed by atoms with Crippen molar-refractivity contribution < 1.29 is 4.79 Å². The average molecular weight is 277 g/mol. The number of amides is 1. The zero-order valence-corrected chi connectivity index (χ0v) is 13.3. The Balaban J connectivity index is 2.86. The van der Waals surface area contributed by atoms with Crippen LogP contribution in [0.4, 0.5) is 5.69 Å². The number of nitrogens with zero attached hydrogens (tertiary/aromatic N) is 1. The molecule has 0 radical (unpaired) electrons. The predicted molar refractivity (Wildman–Crippen MR) is 84.1 cm³/mol. The number of aryl methyl sites for hydroxylation is 1. The summed E-state index contributed by atoms with van der Waals surface area (Å²) in [5, 5.41) is 6.36. The minimum absolute atomic E-state index is 0.0519. The fraction of sp³-hybridized carbons (Fsp3) is 0.625. The Kier molecular flexibility index (Phi) is 6.49. The molecule has 0 fully saturated rings. The molecule has 112 valence electrons. The number of hydrogen-bond donors (Lipinski definition) is 2. The first-order valence-corrected chi connectivity index (χ1v) is 7.50. The maximum Gasteiger partial charge on any atom is 0.255 e. The number of nitrogens with one attached hydrogen (secondary N) is 2. The van der Waals surface area contributed by atoms with E-state index in [1.165, 1.54) is 0 Å². The van der Waals surface area contributed by atoms with Crippen LogP contribution in [0.25, 0.3) is 0 Å². The summed E-state index contributed by atoms with van der Waals surface area (Å²) >= 11 is 0. The van der Waals surface area contributed by atoms with Gasteiger partial charge in [0.15, 0.2) is 0 Å². The van der Waals surface area contributed by atoms with E-state index in [4.69, 9.17) is 0 Å². The number of hydrogen-bond acceptors (Lipinski definition) is 3. The Morgan fingerprint density at radius 1 is 1.35 bits per heavy atom. The molecule has 0 spiro atoms. The molecule has 2 unspecified atom stereocenters. The van der Waals surface area contributed by atoms with Crippen LogP contribution >= 0.6 is 0 Å². The monoisotopic (exact) mass is 277 g/mol. The highest BCUT2D eigenvalue weighted by molar-refractivity contribution is 5.99. The van der Waals surface area contributed by atoms with Gasteiger partial charge in [0, 0.05) is 24.5 Å². The Hall–Kier alpha value is -1.58. The average Bonchev–Trinajstić information content (AvgIpc) is 2.43. The summed E-state index contributed by atoms with van der Waals surface area (Å²) in [5.41, 5.74) is 2.41. The van der Waals surface area contributed by atoms with Crippen molar-refractivity contribution in [3.05, 3.63) is 23.5 Å². The normalized spacial score (nSPS) is 13.7. The third-order valence-corrected chi connectivity index (χ3v) is 3.71. The Morgan fingerprint density at radius 2 is 2.05 bits per heavy atom. The van der Waals surface area contributed by atoms with Crippen LogP contribution in [0.3, 0.4) is 0 Å². The summed E-state index contributed by atoms with van der Waals surface area (Å²) in [7, 11) is 0. The summed E-state index contributed by atoms with van der Waals surface area (Å²) in [6.45, 7) is 11.2. The van der Waals surface area contributed by atoms with Crippen molar-refractivity contribution in [1.82, 2.24) is 10.3 Å². The summed E-state index contributed by atoms with van der Waals surface area (Å²) in [6, 6.07) is 2.09. The quantitative estimate of drug-likeness (QED) is 0.803. The van der Waals surface area contributed by atoms with E-state index in [9.17, 15) is 4.79 Å². The number of anilines is 1. The SMILES string of the molecule is CCCNc1cc(C)ncc1C(=O)NC(C)C(C)CC. The molecule has 0 aliphatic rings. The van der Waals surface area contributed by atoms with Crippen LogP contribution < -0.4 is 10.6 Å². The number of rotatable bonds is 7. The van der Waals surface area contributed by atoms with E-state index in [-0.39, 0.29) is 11.9 Å². The zero-order valence-electron chi connectivity index (χ0n) is 13.3. The third kappa shape index (κ3) is 4.51.